The molecule has 7 nitrogen and oxygen atoms in total. The van der Waals surface area contributed by atoms with Crippen molar-refractivity contribution >= 4 is 17.5 Å². The molecule has 2 aromatic rings. The zero-order chi connectivity index (χ0) is 20.5. The van der Waals surface area contributed by atoms with Crippen LogP contribution >= 0.6 is 0 Å². The number of carbonyl (C=O) groups is 2. The maximum Gasteiger partial charge on any atom is 0.223 e. The van der Waals surface area contributed by atoms with Gasteiger partial charge in [0.2, 0.25) is 11.8 Å². The fourth-order valence-corrected chi connectivity index (χ4v) is 2.70. The van der Waals surface area contributed by atoms with Crippen molar-refractivity contribution in [3.63, 3.8) is 0 Å². The highest BCUT2D eigenvalue weighted by Gasteiger charge is 2.14. The van der Waals surface area contributed by atoms with Gasteiger partial charge in [0.05, 0.1) is 25.9 Å². The molecule has 0 aliphatic heterocycles. The van der Waals surface area contributed by atoms with Crippen LogP contribution in [0.15, 0.2) is 42.5 Å². The summed E-state index contributed by atoms with van der Waals surface area (Å²) in [5.74, 6) is 0.837. The Bertz CT molecular complexity index is 889. The van der Waals surface area contributed by atoms with E-state index in [2.05, 4.69) is 5.32 Å². The van der Waals surface area contributed by atoms with E-state index in [-0.39, 0.29) is 24.8 Å². The summed E-state index contributed by atoms with van der Waals surface area (Å²) in [6, 6.07) is 14.2. The van der Waals surface area contributed by atoms with E-state index in [4.69, 9.17) is 14.7 Å². The van der Waals surface area contributed by atoms with E-state index in [1.54, 1.807) is 50.6 Å². The number of hydrogen-bond donors (Lipinski definition) is 1. The minimum atomic E-state index is -0.192. The van der Waals surface area contributed by atoms with Gasteiger partial charge in [0, 0.05) is 32.1 Å². The summed E-state index contributed by atoms with van der Waals surface area (Å²) in [6.07, 6.45) is 0.143. The van der Waals surface area contributed by atoms with Crippen LogP contribution in [0.4, 0.5) is 5.69 Å². The number of methoxy groups -OCH3 is 2. The van der Waals surface area contributed by atoms with Crippen molar-refractivity contribution in [2.75, 3.05) is 25.7 Å². The average Bonchev–Trinajstić information content (AvgIpc) is 2.72. The lowest BCUT2D eigenvalue weighted by molar-refractivity contribution is -0.121. The molecule has 0 unspecified atom stereocenters. The molecule has 1 N–H and O–H groups in total. The highest BCUT2D eigenvalue weighted by molar-refractivity contribution is 5.92. The van der Waals surface area contributed by atoms with Crippen LogP contribution in [-0.4, -0.2) is 32.6 Å². The molecule has 2 aromatic carbocycles. The molecule has 0 aromatic heterocycles. The molecule has 0 aliphatic carbocycles. The number of anilines is 1. The van der Waals surface area contributed by atoms with Crippen molar-refractivity contribution in [2.45, 2.75) is 19.9 Å². The zero-order valence-corrected chi connectivity index (χ0v) is 16.2. The number of rotatable bonds is 8. The van der Waals surface area contributed by atoms with E-state index in [0.717, 1.165) is 5.56 Å². The fourth-order valence-electron chi connectivity index (χ4n) is 2.70. The van der Waals surface area contributed by atoms with Crippen LogP contribution in [0.2, 0.25) is 0 Å². The molecular weight excluding hydrogens is 358 g/mol. The largest absolute Gasteiger partial charge is 0.493 e. The first-order chi connectivity index (χ1) is 13.5. The monoisotopic (exact) mass is 381 g/mol. The lowest BCUT2D eigenvalue weighted by Crippen LogP contribution is -2.33. The third-order valence-electron chi connectivity index (χ3n) is 4.17. The first-order valence-electron chi connectivity index (χ1n) is 8.74. The zero-order valence-electron chi connectivity index (χ0n) is 16.2. The van der Waals surface area contributed by atoms with Gasteiger partial charge in [0.15, 0.2) is 11.5 Å². The Kier molecular flexibility index (Phi) is 7.40. The summed E-state index contributed by atoms with van der Waals surface area (Å²) in [5.41, 5.74) is 1.93. The Balaban J connectivity index is 1.95. The van der Waals surface area contributed by atoms with Gasteiger partial charge in [-0.2, -0.15) is 5.26 Å². The maximum absolute atomic E-state index is 12.2. The summed E-state index contributed by atoms with van der Waals surface area (Å²) in [6.45, 7) is 1.99. The molecule has 0 spiro atoms. The number of amides is 2. The van der Waals surface area contributed by atoms with Gasteiger partial charge in [-0.1, -0.05) is 12.1 Å². The van der Waals surface area contributed by atoms with Crippen molar-refractivity contribution < 1.29 is 19.1 Å². The summed E-state index contributed by atoms with van der Waals surface area (Å²) in [5, 5.41) is 11.8. The van der Waals surface area contributed by atoms with Crippen molar-refractivity contribution in [3.8, 4) is 17.6 Å². The number of nitriles is 1. The van der Waals surface area contributed by atoms with Gasteiger partial charge in [0.1, 0.15) is 0 Å². The van der Waals surface area contributed by atoms with Crippen molar-refractivity contribution in [1.29, 1.82) is 5.26 Å². The maximum atomic E-state index is 12.2. The molecule has 0 atom stereocenters. The Labute approximate surface area is 164 Å². The summed E-state index contributed by atoms with van der Waals surface area (Å²) in [4.78, 5) is 25.7. The highest BCUT2D eigenvalue weighted by atomic mass is 16.5. The second-order valence-corrected chi connectivity index (χ2v) is 6.05. The molecule has 0 aliphatic rings. The molecule has 146 valence electrons. The average molecular weight is 381 g/mol. The Hall–Kier alpha value is -3.53. The lowest BCUT2D eigenvalue weighted by Gasteiger charge is -2.21. The summed E-state index contributed by atoms with van der Waals surface area (Å²) in [7, 11) is 3.12. The van der Waals surface area contributed by atoms with Crippen molar-refractivity contribution in [3.05, 3.63) is 53.6 Å². The quantitative estimate of drug-likeness (QED) is 0.759. The van der Waals surface area contributed by atoms with E-state index in [9.17, 15) is 9.59 Å². The number of carbonyl (C=O) groups excluding carboxylic acids is 2. The predicted octanol–water partition coefficient (Wildman–Crippen LogP) is 2.63. The first kappa shape index (κ1) is 20.8. The van der Waals surface area contributed by atoms with Crippen LogP contribution in [0.25, 0.3) is 0 Å². The van der Waals surface area contributed by atoms with Gasteiger partial charge in [-0.3, -0.25) is 9.59 Å². The second kappa shape index (κ2) is 9.97. The van der Waals surface area contributed by atoms with Gasteiger partial charge in [-0.25, -0.2) is 0 Å². The molecule has 7 heteroatoms. The summed E-state index contributed by atoms with van der Waals surface area (Å²) >= 11 is 0. The van der Waals surface area contributed by atoms with Gasteiger partial charge < -0.3 is 19.7 Å². The Morgan fingerprint density at radius 2 is 1.86 bits per heavy atom. The smallest absolute Gasteiger partial charge is 0.223 e. The topological polar surface area (TPSA) is 91.7 Å². The number of ether oxygens (including phenoxy) is 2. The molecule has 0 radical (unpaired) electrons. The van der Waals surface area contributed by atoms with Crippen molar-refractivity contribution in [2.24, 2.45) is 0 Å². The van der Waals surface area contributed by atoms with Crippen LogP contribution in [0.5, 0.6) is 11.5 Å². The molecule has 2 amide bonds. The molecule has 2 rings (SSSR count). The van der Waals surface area contributed by atoms with Crippen LogP contribution in [0.1, 0.15) is 24.5 Å². The van der Waals surface area contributed by atoms with E-state index >= 15 is 0 Å². The molecule has 0 saturated heterocycles. The number of hydrogen-bond acceptors (Lipinski definition) is 5. The van der Waals surface area contributed by atoms with Gasteiger partial charge in [-0.05, 0) is 35.9 Å². The number of nitrogens with zero attached hydrogens (tertiary/aromatic N) is 2. The van der Waals surface area contributed by atoms with E-state index < -0.39 is 0 Å². The molecular formula is C21H23N3O4. The highest BCUT2D eigenvalue weighted by Crippen LogP contribution is 2.27. The summed E-state index contributed by atoms with van der Waals surface area (Å²) < 4.78 is 10.4. The molecule has 0 heterocycles. The minimum absolute atomic E-state index is 0.143. The SMILES string of the molecule is COc1ccc(CNC(=O)CCN(C(C)=O)c2cccc(C#N)c2)cc1OC. The standard InChI is InChI=1S/C21H23N3O4/c1-15(25)24(18-6-4-5-16(11-18)13-22)10-9-21(26)23-14-17-7-8-19(27-2)20(12-17)28-3/h4-8,11-12H,9-10,14H2,1-3H3,(H,23,26). The minimum Gasteiger partial charge on any atom is -0.493 e. The van der Waals surface area contributed by atoms with E-state index in [0.29, 0.717) is 29.3 Å². The van der Waals surface area contributed by atoms with E-state index in [1.807, 2.05) is 12.1 Å². The molecule has 0 fully saturated rings. The van der Waals surface area contributed by atoms with Crippen LogP contribution in [0, 0.1) is 11.3 Å². The van der Waals surface area contributed by atoms with Gasteiger partial charge >= 0.3 is 0 Å². The number of benzene rings is 2. The van der Waals surface area contributed by atoms with Crippen molar-refractivity contribution in [1.82, 2.24) is 5.32 Å². The molecule has 28 heavy (non-hydrogen) atoms. The van der Waals surface area contributed by atoms with Crippen LogP contribution in [-0.2, 0) is 16.1 Å². The lowest BCUT2D eigenvalue weighted by atomic mass is 10.2. The first-order valence-corrected chi connectivity index (χ1v) is 8.74. The molecule has 0 bridgehead atoms. The fraction of sp³-hybridized carbons (Fsp3) is 0.286. The third kappa shape index (κ3) is 5.48. The predicted molar refractivity (Wildman–Crippen MR) is 105 cm³/mol. The van der Waals surface area contributed by atoms with Gasteiger partial charge in [0.25, 0.3) is 0 Å². The normalized spacial score (nSPS) is 9.93. The van der Waals surface area contributed by atoms with Gasteiger partial charge in [-0.15, -0.1) is 0 Å². The van der Waals surface area contributed by atoms with E-state index in [1.165, 1.54) is 11.8 Å². The van der Waals surface area contributed by atoms with Crippen LogP contribution in [0.3, 0.4) is 0 Å². The number of nitrogens with one attached hydrogen (secondary N) is 1. The Morgan fingerprint density at radius 1 is 1.11 bits per heavy atom. The third-order valence-corrected chi connectivity index (χ3v) is 4.17. The Morgan fingerprint density at radius 3 is 2.50 bits per heavy atom. The second-order valence-electron chi connectivity index (χ2n) is 6.05. The van der Waals surface area contributed by atoms with Crippen LogP contribution < -0.4 is 19.7 Å². The molecule has 0 saturated carbocycles.